The SMILES string of the molecule is CCCN(Cc1ccc(C)o1)Cc1ccc(C(O)(CC)CC)o1. The van der Waals surface area contributed by atoms with E-state index in [9.17, 15) is 5.11 Å². The van der Waals surface area contributed by atoms with Gasteiger partial charge in [-0.25, -0.2) is 0 Å². The lowest BCUT2D eigenvalue weighted by molar-refractivity contribution is 0.00515. The van der Waals surface area contributed by atoms with Gasteiger partial charge in [-0.1, -0.05) is 20.8 Å². The normalized spacial score (nSPS) is 12.3. The number of aryl methyl sites for hydroxylation is 1. The highest BCUT2D eigenvalue weighted by Crippen LogP contribution is 2.30. The van der Waals surface area contributed by atoms with E-state index in [0.717, 1.165) is 43.3 Å². The van der Waals surface area contributed by atoms with Crippen LogP contribution in [-0.4, -0.2) is 16.6 Å². The highest BCUT2D eigenvalue weighted by atomic mass is 16.4. The van der Waals surface area contributed by atoms with Gasteiger partial charge in [0.05, 0.1) is 13.1 Å². The van der Waals surface area contributed by atoms with Crippen LogP contribution in [0.2, 0.25) is 0 Å². The summed E-state index contributed by atoms with van der Waals surface area (Å²) in [6.07, 6.45) is 2.38. The molecule has 0 aliphatic rings. The van der Waals surface area contributed by atoms with Crippen LogP contribution in [0.5, 0.6) is 0 Å². The van der Waals surface area contributed by atoms with Crippen LogP contribution in [0.15, 0.2) is 33.1 Å². The van der Waals surface area contributed by atoms with Gasteiger partial charge in [-0.3, -0.25) is 4.90 Å². The number of rotatable bonds is 9. The Kier molecular flexibility index (Phi) is 6.08. The fourth-order valence-electron chi connectivity index (χ4n) is 2.85. The lowest BCUT2D eigenvalue weighted by Gasteiger charge is -2.23. The average molecular weight is 319 g/mol. The van der Waals surface area contributed by atoms with Crippen LogP contribution >= 0.6 is 0 Å². The van der Waals surface area contributed by atoms with E-state index < -0.39 is 5.60 Å². The van der Waals surface area contributed by atoms with Crippen molar-refractivity contribution in [1.29, 1.82) is 0 Å². The predicted molar refractivity (Wildman–Crippen MR) is 91.0 cm³/mol. The summed E-state index contributed by atoms with van der Waals surface area (Å²) < 4.78 is 11.6. The van der Waals surface area contributed by atoms with Gasteiger partial charge >= 0.3 is 0 Å². The lowest BCUT2D eigenvalue weighted by atomic mass is 9.95. The maximum absolute atomic E-state index is 10.6. The van der Waals surface area contributed by atoms with Crippen LogP contribution in [0, 0.1) is 6.92 Å². The molecule has 0 saturated heterocycles. The van der Waals surface area contributed by atoms with E-state index in [-0.39, 0.29) is 0 Å². The first kappa shape index (κ1) is 17.8. The summed E-state index contributed by atoms with van der Waals surface area (Å²) in [6.45, 7) is 10.6. The van der Waals surface area contributed by atoms with Gasteiger partial charge in [0.15, 0.2) is 0 Å². The Morgan fingerprint density at radius 2 is 1.57 bits per heavy atom. The third-order valence-corrected chi connectivity index (χ3v) is 4.38. The monoisotopic (exact) mass is 319 g/mol. The van der Waals surface area contributed by atoms with Crippen LogP contribution < -0.4 is 0 Å². The molecule has 4 heteroatoms. The Hall–Kier alpha value is -1.52. The van der Waals surface area contributed by atoms with Gasteiger partial charge in [-0.2, -0.15) is 0 Å². The third kappa shape index (κ3) is 4.49. The molecule has 0 saturated carbocycles. The van der Waals surface area contributed by atoms with Gasteiger partial charge in [-0.05, 0) is 57.0 Å². The van der Waals surface area contributed by atoms with E-state index in [2.05, 4.69) is 11.8 Å². The van der Waals surface area contributed by atoms with Gasteiger partial charge in [0, 0.05) is 0 Å². The van der Waals surface area contributed by atoms with E-state index in [1.807, 2.05) is 45.0 Å². The number of aliphatic hydroxyl groups is 1. The molecule has 0 aliphatic heterocycles. The fourth-order valence-corrected chi connectivity index (χ4v) is 2.85. The molecule has 4 nitrogen and oxygen atoms in total. The van der Waals surface area contributed by atoms with Crippen molar-refractivity contribution in [3.05, 3.63) is 47.3 Å². The maximum atomic E-state index is 10.6. The molecule has 0 amide bonds. The van der Waals surface area contributed by atoms with Crippen molar-refractivity contribution in [2.24, 2.45) is 0 Å². The number of nitrogens with zero attached hydrogens (tertiary/aromatic N) is 1. The molecule has 2 aromatic rings. The lowest BCUT2D eigenvalue weighted by Crippen LogP contribution is -2.24. The molecular formula is C19H29NO3. The van der Waals surface area contributed by atoms with Crippen LogP contribution in [0.25, 0.3) is 0 Å². The minimum absolute atomic E-state index is 0.654. The van der Waals surface area contributed by atoms with Crippen molar-refractivity contribution in [2.45, 2.75) is 65.6 Å². The Balaban J connectivity index is 2.06. The van der Waals surface area contributed by atoms with Crippen LogP contribution in [0.4, 0.5) is 0 Å². The average Bonchev–Trinajstić information content (AvgIpc) is 3.16. The van der Waals surface area contributed by atoms with E-state index in [1.165, 1.54) is 0 Å². The second-order valence-corrected chi connectivity index (χ2v) is 6.23. The summed E-state index contributed by atoms with van der Waals surface area (Å²) in [4.78, 5) is 2.30. The zero-order valence-electron chi connectivity index (χ0n) is 14.8. The van der Waals surface area contributed by atoms with Crippen molar-refractivity contribution in [1.82, 2.24) is 4.90 Å². The molecule has 0 radical (unpaired) electrons. The molecular weight excluding hydrogens is 290 g/mol. The smallest absolute Gasteiger partial charge is 0.135 e. The van der Waals surface area contributed by atoms with Crippen molar-refractivity contribution in [2.75, 3.05) is 6.54 Å². The first-order valence-corrected chi connectivity index (χ1v) is 8.60. The topological polar surface area (TPSA) is 49.8 Å². The third-order valence-electron chi connectivity index (χ3n) is 4.38. The Morgan fingerprint density at radius 1 is 0.957 bits per heavy atom. The van der Waals surface area contributed by atoms with Crippen molar-refractivity contribution >= 4 is 0 Å². The van der Waals surface area contributed by atoms with E-state index >= 15 is 0 Å². The minimum atomic E-state index is -0.855. The molecule has 23 heavy (non-hydrogen) atoms. The summed E-state index contributed by atoms with van der Waals surface area (Å²) in [5, 5.41) is 10.6. The molecule has 2 heterocycles. The summed E-state index contributed by atoms with van der Waals surface area (Å²) in [5.41, 5.74) is -0.855. The highest BCUT2D eigenvalue weighted by molar-refractivity contribution is 5.14. The molecule has 0 bridgehead atoms. The van der Waals surface area contributed by atoms with E-state index in [1.54, 1.807) is 0 Å². The summed E-state index contributed by atoms with van der Waals surface area (Å²) in [6, 6.07) is 7.90. The molecule has 2 rings (SSSR count). The zero-order chi connectivity index (χ0) is 16.9. The Labute approximate surface area is 139 Å². The number of hydrogen-bond acceptors (Lipinski definition) is 4. The first-order valence-electron chi connectivity index (χ1n) is 8.60. The molecule has 0 aliphatic carbocycles. The number of furan rings is 2. The van der Waals surface area contributed by atoms with Gasteiger partial charge < -0.3 is 13.9 Å². The van der Waals surface area contributed by atoms with E-state index in [4.69, 9.17) is 8.83 Å². The molecule has 2 aromatic heterocycles. The van der Waals surface area contributed by atoms with Crippen LogP contribution in [0.3, 0.4) is 0 Å². The summed E-state index contributed by atoms with van der Waals surface area (Å²) in [5.74, 6) is 3.47. The van der Waals surface area contributed by atoms with Crippen LogP contribution in [-0.2, 0) is 18.7 Å². The molecule has 0 aromatic carbocycles. The quantitative estimate of drug-likeness (QED) is 0.734. The van der Waals surface area contributed by atoms with Crippen molar-refractivity contribution in [3.8, 4) is 0 Å². The van der Waals surface area contributed by atoms with Gasteiger partial charge in [0.2, 0.25) is 0 Å². The molecule has 0 spiro atoms. The van der Waals surface area contributed by atoms with Crippen LogP contribution in [0.1, 0.15) is 63.1 Å². The molecule has 1 N–H and O–H groups in total. The maximum Gasteiger partial charge on any atom is 0.135 e. The zero-order valence-corrected chi connectivity index (χ0v) is 14.8. The van der Waals surface area contributed by atoms with E-state index in [0.29, 0.717) is 18.6 Å². The van der Waals surface area contributed by atoms with Gasteiger partial charge in [-0.15, -0.1) is 0 Å². The molecule has 0 unspecified atom stereocenters. The largest absolute Gasteiger partial charge is 0.465 e. The minimum Gasteiger partial charge on any atom is -0.465 e. The molecule has 0 fully saturated rings. The Morgan fingerprint density at radius 3 is 2.09 bits per heavy atom. The summed E-state index contributed by atoms with van der Waals surface area (Å²) >= 11 is 0. The second kappa shape index (κ2) is 7.84. The summed E-state index contributed by atoms with van der Waals surface area (Å²) in [7, 11) is 0. The highest BCUT2D eigenvalue weighted by Gasteiger charge is 2.28. The standard InChI is InChI=1S/C19H29NO3/c1-5-12-20(13-16-9-8-15(4)22-16)14-17-10-11-18(23-17)19(21,6-2)7-3/h8-11,21H,5-7,12-14H2,1-4H3. The van der Waals surface area contributed by atoms with Crippen molar-refractivity contribution in [3.63, 3.8) is 0 Å². The predicted octanol–water partition coefficient (Wildman–Crippen LogP) is 4.60. The fraction of sp³-hybridized carbons (Fsp3) is 0.579. The first-order chi connectivity index (χ1) is 11.0. The van der Waals surface area contributed by atoms with Gasteiger partial charge in [0.25, 0.3) is 0 Å². The molecule has 0 atom stereocenters. The second-order valence-electron chi connectivity index (χ2n) is 6.23. The molecule has 128 valence electrons. The van der Waals surface area contributed by atoms with Gasteiger partial charge in [0.1, 0.15) is 28.6 Å². The Bertz CT molecular complexity index is 595. The number of hydrogen-bond donors (Lipinski definition) is 1. The van der Waals surface area contributed by atoms with Crippen molar-refractivity contribution < 1.29 is 13.9 Å².